The summed E-state index contributed by atoms with van der Waals surface area (Å²) in [5.74, 6) is 0. The predicted molar refractivity (Wildman–Crippen MR) is 181 cm³/mol. The van der Waals surface area contributed by atoms with E-state index in [9.17, 15) is 9.46 Å². The second-order valence-corrected chi connectivity index (χ2v) is 14.5. The Morgan fingerprint density at radius 1 is 0.390 bits per heavy atom. The van der Waals surface area contributed by atoms with Gasteiger partial charge in [0.15, 0.2) is 0 Å². The van der Waals surface area contributed by atoms with Gasteiger partial charge in [0.05, 0.1) is 11.2 Å². The minimum atomic E-state index is -4.26. The van der Waals surface area contributed by atoms with Crippen LogP contribution in [-0.4, -0.2) is 16.1 Å². The van der Waals surface area contributed by atoms with E-state index in [1.165, 1.54) is 51.4 Å². The van der Waals surface area contributed by atoms with Crippen LogP contribution in [0.1, 0.15) is 221 Å². The number of phosphoric ester groups is 1. The van der Waals surface area contributed by atoms with Gasteiger partial charge in [0, 0.05) is 0 Å². The molecule has 0 amide bonds. The van der Waals surface area contributed by atoms with Gasteiger partial charge in [-0.05, 0) is 38.5 Å². The molecule has 0 radical (unpaired) electrons. The van der Waals surface area contributed by atoms with E-state index < -0.39 is 19.0 Å². The van der Waals surface area contributed by atoms with Crippen LogP contribution in [0.2, 0.25) is 0 Å². The Labute approximate surface area is 258 Å². The van der Waals surface area contributed by atoms with Crippen molar-refractivity contribution < 1.29 is 18.5 Å². The van der Waals surface area contributed by atoms with Gasteiger partial charge < -0.3 is 4.89 Å². The minimum Gasteiger partial charge on any atom is -0.302 e. The third-order valence-corrected chi connectivity index (χ3v) is 10.3. The van der Waals surface area contributed by atoms with Crippen LogP contribution < -0.4 is 0 Å². The van der Waals surface area contributed by atoms with E-state index in [4.69, 9.17) is 9.05 Å². The zero-order valence-corrected chi connectivity index (χ0v) is 29.8. The van der Waals surface area contributed by atoms with Crippen molar-refractivity contribution in [3.05, 3.63) is 0 Å². The average molecular weight is 603 g/mol. The number of hydrogen-bond acceptors (Lipinski definition) is 3. The first-order valence-corrected chi connectivity index (χ1v) is 20.0. The fourth-order valence-electron chi connectivity index (χ4n) is 6.42. The molecule has 4 nitrogen and oxygen atoms in total. The zero-order chi connectivity index (χ0) is 30.7. The highest BCUT2D eigenvalue weighted by molar-refractivity contribution is 7.47. The van der Waals surface area contributed by atoms with Crippen molar-refractivity contribution in [3.63, 3.8) is 0 Å². The van der Waals surface area contributed by atoms with Crippen LogP contribution >= 0.6 is 7.82 Å². The van der Waals surface area contributed by atoms with Gasteiger partial charge >= 0.3 is 7.82 Å². The largest absolute Gasteiger partial charge is 0.473 e. The molecule has 0 aromatic carbocycles. The Kier molecular flexibility index (Phi) is 26.6. The second kappa shape index (κ2) is 26.5. The summed E-state index contributed by atoms with van der Waals surface area (Å²) in [6.45, 7) is 13.4. The van der Waals surface area contributed by atoms with Crippen molar-refractivity contribution in [2.45, 2.75) is 233 Å². The molecular formula is C36H75O4P. The molecule has 0 aromatic rings. The molecule has 0 spiro atoms. The Hall–Kier alpha value is 0.110. The Morgan fingerprint density at radius 2 is 0.585 bits per heavy atom. The van der Waals surface area contributed by atoms with E-state index in [1.807, 2.05) is 0 Å². The van der Waals surface area contributed by atoms with Crippen LogP contribution in [0.15, 0.2) is 0 Å². The number of rotatable bonds is 32. The molecule has 0 aliphatic rings. The summed E-state index contributed by atoms with van der Waals surface area (Å²) in [6, 6.07) is 0. The van der Waals surface area contributed by atoms with Gasteiger partial charge in [0.2, 0.25) is 0 Å². The maximum atomic E-state index is 14.2. The SMILES string of the molecule is CCCCCCC(CCCCC)(CCCCCC)OP(=O)(O)OC(CCCCC)(CCCCCC)CCCCCC. The van der Waals surface area contributed by atoms with Gasteiger partial charge in [-0.25, -0.2) is 4.57 Å². The molecule has 0 atom stereocenters. The number of phosphoric acid groups is 1. The van der Waals surface area contributed by atoms with E-state index >= 15 is 0 Å². The summed E-state index contributed by atoms with van der Waals surface area (Å²) in [4.78, 5) is 11.6. The van der Waals surface area contributed by atoms with Gasteiger partial charge in [-0.15, -0.1) is 0 Å². The van der Waals surface area contributed by atoms with Gasteiger partial charge in [-0.3, -0.25) is 9.05 Å². The van der Waals surface area contributed by atoms with Crippen LogP contribution in [0.5, 0.6) is 0 Å². The molecule has 0 saturated carbocycles. The molecule has 0 rings (SSSR count). The van der Waals surface area contributed by atoms with Gasteiger partial charge in [-0.1, -0.05) is 183 Å². The highest BCUT2D eigenvalue weighted by Gasteiger charge is 2.44. The molecule has 0 aromatic heterocycles. The molecule has 0 bridgehead atoms. The molecule has 5 heteroatoms. The summed E-state index contributed by atoms with van der Waals surface area (Å²) >= 11 is 0. The van der Waals surface area contributed by atoms with Gasteiger partial charge in [-0.2, -0.15) is 0 Å². The van der Waals surface area contributed by atoms with Gasteiger partial charge in [0.25, 0.3) is 0 Å². The lowest BCUT2D eigenvalue weighted by atomic mass is 9.85. The summed E-state index contributed by atoms with van der Waals surface area (Å²) < 4.78 is 27.3. The first-order valence-electron chi connectivity index (χ1n) is 18.5. The van der Waals surface area contributed by atoms with Crippen LogP contribution in [-0.2, 0) is 13.6 Å². The second-order valence-electron chi connectivity index (χ2n) is 13.2. The quantitative estimate of drug-likeness (QED) is 0.0614. The maximum absolute atomic E-state index is 14.2. The first kappa shape index (κ1) is 41.1. The Balaban J connectivity index is 6.10. The molecule has 1 N–H and O–H groups in total. The van der Waals surface area contributed by atoms with Crippen molar-refractivity contribution in [3.8, 4) is 0 Å². The van der Waals surface area contributed by atoms with Gasteiger partial charge in [0.1, 0.15) is 0 Å². The van der Waals surface area contributed by atoms with Crippen molar-refractivity contribution >= 4 is 7.82 Å². The smallest absolute Gasteiger partial charge is 0.302 e. The van der Waals surface area contributed by atoms with Crippen molar-refractivity contribution in [2.75, 3.05) is 0 Å². The lowest BCUT2D eigenvalue weighted by Crippen LogP contribution is -2.36. The Morgan fingerprint density at radius 3 is 0.805 bits per heavy atom. The maximum Gasteiger partial charge on any atom is 0.473 e. The molecule has 41 heavy (non-hydrogen) atoms. The summed E-state index contributed by atoms with van der Waals surface area (Å²) in [5, 5.41) is 0. The third-order valence-electron chi connectivity index (χ3n) is 9.03. The van der Waals surface area contributed by atoms with E-state index in [0.29, 0.717) is 0 Å². The monoisotopic (exact) mass is 603 g/mol. The number of unbranched alkanes of at least 4 members (excludes halogenated alkanes) is 16. The van der Waals surface area contributed by atoms with Crippen LogP contribution in [0.3, 0.4) is 0 Å². The molecule has 248 valence electrons. The fourth-order valence-corrected chi connectivity index (χ4v) is 7.99. The fraction of sp³-hybridized carbons (Fsp3) is 1.00. The summed E-state index contributed by atoms with van der Waals surface area (Å²) in [5.41, 5.74) is -1.11. The Bertz CT molecular complexity index is 536. The van der Waals surface area contributed by atoms with Crippen molar-refractivity contribution in [2.24, 2.45) is 0 Å². The summed E-state index contributed by atoms with van der Waals surface area (Å²) in [6.07, 6.45) is 30.4. The molecule has 0 aliphatic carbocycles. The molecule has 0 unspecified atom stereocenters. The highest BCUT2D eigenvalue weighted by Crippen LogP contribution is 2.56. The van der Waals surface area contributed by atoms with Crippen molar-refractivity contribution in [1.29, 1.82) is 0 Å². The standard InChI is InChI=1S/C36H75O4P/c1-7-13-19-25-31-35(29-23-17-11-5,32-26-20-14-8-2)39-41(37,38)40-36(30-24-18-12-6,33-27-21-15-9-3)34-28-22-16-10-4/h7-34H2,1-6H3,(H,37,38). The number of hydrogen-bond donors (Lipinski definition) is 1. The topological polar surface area (TPSA) is 55.8 Å². The third kappa shape index (κ3) is 21.5. The van der Waals surface area contributed by atoms with E-state index in [1.54, 1.807) is 0 Å². The van der Waals surface area contributed by atoms with E-state index in [0.717, 1.165) is 128 Å². The van der Waals surface area contributed by atoms with E-state index in [-0.39, 0.29) is 0 Å². The zero-order valence-electron chi connectivity index (χ0n) is 28.9. The summed E-state index contributed by atoms with van der Waals surface area (Å²) in [7, 11) is -4.26. The molecule has 0 saturated heterocycles. The molecular weight excluding hydrogens is 527 g/mol. The normalized spacial score (nSPS) is 12.9. The molecule has 0 aliphatic heterocycles. The van der Waals surface area contributed by atoms with Crippen LogP contribution in [0.4, 0.5) is 0 Å². The van der Waals surface area contributed by atoms with Crippen LogP contribution in [0, 0.1) is 0 Å². The molecule has 0 fully saturated rings. The predicted octanol–water partition coefficient (Wildman–Crippen LogP) is 13.6. The molecule has 0 heterocycles. The van der Waals surface area contributed by atoms with Crippen LogP contribution in [0.25, 0.3) is 0 Å². The first-order chi connectivity index (χ1) is 19.8. The lowest BCUT2D eigenvalue weighted by Gasteiger charge is -2.40. The van der Waals surface area contributed by atoms with Crippen molar-refractivity contribution in [1.82, 2.24) is 0 Å². The lowest BCUT2D eigenvalue weighted by molar-refractivity contribution is -0.0496. The average Bonchev–Trinajstić information content (AvgIpc) is 2.94. The minimum absolute atomic E-state index is 0.555. The highest BCUT2D eigenvalue weighted by atomic mass is 31.2. The van der Waals surface area contributed by atoms with E-state index in [2.05, 4.69) is 41.5 Å².